The summed E-state index contributed by atoms with van der Waals surface area (Å²) in [4.78, 5) is 15.7. The highest BCUT2D eigenvalue weighted by Crippen LogP contribution is 2.16. The van der Waals surface area contributed by atoms with Crippen molar-refractivity contribution in [2.24, 2.45) is 7.05 Å². The van der Waals surface area contributed by atoms with Crippen LogP contribution in [0.25, 0.3) is 0 Å². The molecule has 0 fully saturated rings. The summed E-state index contributed by atoms with van der Waals surface area (Å²) in [5.41, 5.74) is 0.958. The first kappa shape index (κ1) is 11.9. The molecular weight excluding hydrogens is 282 g/mol. The number of hydrogen-bond acceptors (Lipinski definition) is 3. The van der Waals surface area contributed by atoms with E-state index in [0.717, 1.165) is 10.0 Å². The zero-order valence-corrected chi connectivity index (χ0v) is 10.9. The fraction of sp³-hybridized carbons (Fsp3) is 0.167. The zero-order chi connectivity index (χ0) is 12.3. The van der Waals surface area contributed by atoms with Crippen molar-refractivity contribution in [1.29, 1.82) is 0 Å². The Morgan fingerprint density at radius 3 is 2.94 bits per heavy atom. The maximum absolute atomic E-state index is 11.7. The van der Waals surface area contributed by atoms with Gasteiger partial charge < -0.3 is 9.88 Å². The van der Waals surface area contributed by atoms with Gasteiger partial charge in [-0.05, 0) is 11.6 Å². The Balaban J connectivity index is 2.16. The third-order valence-corrected chi connectivity index (χ3v) is 3.19. The predicted molar refractivity (Wildman–Crippen MR) is 70.9 cm³/mol. The van der Waals surface area contributed by atoms with Crippen LogP contribution in [0.5, 0.6) is 0 Å². The molecule has 1 aromatic carbocycles. The second-order valence-corrected chi connectivity index (χ2v) is 4.49. The summed E-state index contributed by atoms with van der Waals surface area (Å²) in [6.07, 6.45) is 3.23. The smallest absolute Gasteiger partial charge is 0.293 e. The third-order valence-electron chi connectivity index (χ3n) is 2.42. The molecule has 2 aromatic rings. The lowest BCUT2D eigenvalue weighted by Gasteiger charge is -2.07. The lowest BCUT2D eigenvalue weighted by atomic mass is 10.2. The van der Waals surface area contributed by atoms with Gasteiger partial charge in [0.1, 0.15) is 0 Å². The zero-order valence-electron chi connectivity index (χ0n) is 9.35. The fourth-order valence-electron chi connectivity index (χ4n) is 1.44. The Kier molecular flexibility index (Phi) is 3.58. The Morgan fingerprint density at radius 1 is 1.41 bits per heavy atom. The SMILES string of the molecule is Cn1ccnc(NCc2ccccc2Br)c1=O. The second kappa shape index (κ2) is 5.14. The molecule has 1 aromatic heterocycles. The number of rotatable bonds is 3. The van der Waals surface area contributed by atoms with Crippen LogP contribution in [0.4, 0.5) is 5.82 Å². The minimum Gasteiger partial charge on any atom is -0.361 e. The minimum absolute atomic E-state index is 0.125. The highest BCUT2D eigenvalue weighted by Gasteiger charge is 2.03. The van der Waals surface area contributed by atoms with E-state index in [1.165, 1.54) is 4.57 Å². The molecule has 0 amide bonds. The summed E-state index contributed by atoms with van der Waals surface area (Å²) in [6.45, 7) is 0.563. The summed E-state index contributed by atoms with van der Waals surface area (Å²) in [6, 6.07) is 7.86. The van der Waals surface area contributed by atoms with Gasteiger partial charge in [0.2, 0.25) is 0 Å². The third kappa shape index (κ3) is 2.74. The van der Waals surface area contributed by atoms with Gasteiger partial charge in [0, 0.05) is 30.5 Å². The molecule has 0 aliphatic heterocycles. The van der Waals surface area contributed by atoms with E-state index in [4.69, 9.17) is 0 Å². The summed E-state index contributed by atoms with van der Waals surface area (Å²) < 4.78 is 2.51. The van der Waals surface area contributed by atoms with E-state index < -0.39 is 0 Å². The maximum atomic E-state index is 11.7. The quantitative estimate of drug-likeness (QED) is 0.943. The van der Waals surface area contributed by atoms with Crippen LogP contribution in [0.2, 0.25) is 0 Å². The van der Waals surface area contributed by atoms with Crippen molar-refractivity contribution < 1.29 is 0 Å². The van der Waals surface area contributed by atoms with Crippen LogP contribution in [-0.2, 0) is 13.6 Å². The summed E-state index contributed by atoms with van der Waals surface area (Å²) in [7, 11) is 1.70. The lowest BCUT2D eigenvalue weighted by Crippen LogP contribution is -2.21. The Hall–Kier alpha value is -1.62. The van der Waals surface area contributed by atoms with Gasteiger partial charge in [-0.3, -0.25) is 4.79 Å². The predicted octanol–water partition coefficient (Wildman–Crippen LogP) is 2.15. The lowest BCUT2D eigenvalue weighted by molar-refractivity contribution is 0.839. The van der Waals surface area contributed by atoms with E-state index in [0.29, 0.717) is 12.4 Å². The summed E-state index contributed by atoms with van der Waals surface area (Å²) >= 11 is 3.46. The van der Waals surface area contributed by atoms with Crippen molar-refractivity contribution in [1.82, 2.24) is 9.55 Å². The monoisotopic (exact) mass is 293 g/mol. The average molecular weight is 294 g/mol. The van der Waals surface area contributed by atoms with Crippen LogP contribution in [0.3, 0.4) is 0 Å². The minimum atomic E-state index is -0.125. The Bertz CT molecular complexity index is 580. The topological polar surface area (TPSA) is 46.9 Å². The molecule has 0 spiro atoms. The van der Waals surface area contributed by atoms with Crippen molar-refractivity contribution in [3.05, 3.63) is 57.0 Å². The Morgan fingerprint density at radius 2 is 2.18 bits per heavy atom. The van der Waals surface area contributed by atoms with E-state index in [-0.39, 0.29) is 5.56 Å². The molecule has 0 saturated carbocycles. The van der Waals surface area contributed by atoms with Crippen molar-refractivity contribution in [2.75, 3.05) is 5.32 Å². The Labute approximate surface area is 107 Å². The molecule has 1 N–H and O–H groups in total. The van der Waals surface area contributed by atoms with Gasteiger partial charge >= 0.3 is 0 Å². The number of hydrogen-bond donors (Lipinski definition) is 1. The van der Waals surface area contributed by atoms with Gasteiger partial charge in [0.05, 0.1) is 0 Å². The molecule has 17 heavy (non-hydrogen) atoms. The molecule has 0 aliphatic rings. The van der Waals surface area contributed by atoms with Gasteiger partial charge in [-0.1, -0.05) is 34.1 Å². The first-order chi connectivity index (χ1) is 8.18. The molecule has 0 bridgehead atoms. The first-order valence-corrected chi connectivity index (χ1v) is 5.96. The van der Waals surface area contributed by atoms with Crippen molar-refractivity contribution in [2.45, 2.75) is 6.54 Å². The molecular formula is C12H12BrN3O. The summed E-state index contributed by atoms with van der Waals surface area (Å²) in [5.74, 6) is 0.366. The van der Waals surface area contributed by atoms with Crippen LogP contribution >= 0.6 is 15.9 Å². The highest BCUT2D eigenvalue weighted by atomic mass is 79.9. The number of nitrogens with zero attached hydrogens (tertiary/aromatic N) is 2. The number of aromatic nitrogens is 2. The van der Waals surface area contributed by atoms with E-state index in [1.54, 1.807) is 19.4 Å². The van der Waals surface area contributed by atoms with Gasteiger partial charge in [-0.2, -0.15) is 0 Å². The first-order valence-electron chi connectivity index (χ1n) is 5.17. The van der Waals surface area contributed by atoms with E-state index in [2.05, 4.69) is 26.2 Å². The molecule has 0 atom stereocenters. The van der Waals surface area contributed by atoms with Crippen LogP contribution in [-0.4, -0.2) is 9.55 Å². The normalized spacial score (nSPS) is 10.2. The number of nitrogens with one attached hydrogen (secondary N) is 1. The maximum Gasteiger partial charge on any atom is 0.293 e. The van der Waals surface area contributed by atoms with Crippen LogP contribution in [0.1, 0.15) is 5.56 Å². The standard InChI is InChI=1S/C12H12BrN3O/c1-16-7-6-14-11(12(16)17)15-8-9-4-2-3-5-10(9)13/h2-7H,8H2,1H3,(H,14,15). The fourth-order valence-corrected chi connectivity index (χ4v) is 1.86. The highest BCUT2D eigenvalue weighted by molar-refractivity contribution is 9.10. The molecule has 0 unspecified atom stereocenters. The molecule has 5 heteroatoms. The number of benzene rings is 1. The van der Waals surface area contributed by atoms with E-state index in [9.17, 15) is 4.79 Å². The van der Waals surface area contributed by atoms with Crippen LogP contribution in [0, 0.1) is 0 Å². The molecule has 0 aliphatic carbocycles. The molecule has 2 rings (SSSR count). The summed E-state index contributed by atoms with van der Waals surface area (Å²) in [5, 5.41) is 3.04. The molecule has 0 radical (unpaired) electrons. The largest absolute Gasteiger partial charge is 0.361 e. The van der Waals surface area contributed by atoms with Crippen molar-refractivity contribution >= 4 is 21.7 Å². The molecule has 4 nitrogen and oxygen atoms in total. The van der Waals surface area contributed by atoms with Crippen molar-refractivity contribution in [3.63, 3.8) is 0 Å². The second-order valence-electron chi connectivity index (χ2n) is 3.64. The van der Waals surface area contributed by atoms with Gasteiger partial charge in [-0.25, -0.2) is 4.98 Å². The number of aryl methyl sites for hydroxylation is 1. The molecule has 1 heterocycles. The van der Waals surface area contributed by atoms with Gasteiger partial charge in [-0.15, -0.1) is 0 Å². The van der Waals surface area contributed by atoms with Crippen LogP contribution in [0.15, 0.2) is 45.9 Å². The van der Waals surface area contributed by atoms with Crippen LogP contribution < -0.4 is 10.9 Å². The van der Waals surface area contributed by atoms with Gasteiger partial charge in [0.15, 0.2) is 5.82 Å². The molecule has 0 saturated heterocycles. The van der Waals surface area contributed by atoms with Crippen molar-refractivity contribution in [3.8, 4) is 0 Å². The van der Waals surface area contributed by atoms with E-state index in [1.807, 2.05) is 24.3 Å². The number of anilines is 1. The van der Waals surface area contributed by atoms with Gasteiger partial charge in [0.25, 0.3) is 5.56 Å². The average Bonchev–Trinajstić information content (AvgIpc) is 2.33. The number of halogens is 1. The molecule has 88 valence electrons. The van der Waals surface area contributed by atoms with E-state index >= 15 is 0 Å².